The third kappa shape index (κ3) is 10.6. The number of carbonyl (C=O) groups excluding carboxylic acids is 4. The van der Waals surface area contributed by atoms with Crippen LogP contribution >= 0.6 is 11.8 Å². The van der Waals surface area contributed by atoms with Crippen LogP contribution in [0.15, 0.2) is 30.3 Å². The molecule has 0 aromatic heterocycles. The predicted molar refractivity (Wildman–Crippen MR) is 89.9 cm³/mol. The molecule has 0 fully saturated rings. The number of amides is 3. The Kier molecular flexibility index (Phi) is 11.9. The third-order valence-corrected chi connectivity index (χ3v) is 3.58. The average molecular weight is 555 g/mol. The fraction of sp³-hybridized carbons (Fsp3) is 0.267. The second-order valence-electron chi connectivity index (χ2n) is 4.67. The molecule has 1 aromatic rings. The van der Waals surface area contributed by atoms with E-state index in [2.05, 4.69) is 16.0 Å². The van der Waals surface area contributed by atoms with Crippen molar-refractivity contribution >= 4 is 40.6 Å². The van der Waals surface area contributed by atoms with Crippen LogP contribution in [0.5, 0.6) is 0 Å². The van der Waals surface area contributed by atoms with Gasteiger partial charge in [0.2, 0.25) is 22.8 Å². The number of carboxylic acid groups (broad SMARTS) is 1. The molecule has 3 amide bonds. The Morgan fingerprint density at radius 2 is 1.31 bits per heavy atom. The molecule has 4 N–H and O–H groups in total. The fourth-order valence-corrected chi connectivity index (χ4v) is 2.16. The van der Waals surface area contributed by atoms with Crippen molar-refractivity contribution in [2.24, 2.45) is 0 Å². The number of thioether (sulfide) groups is 1. The summed E-state index contributed by atoms with van der Waals surface area (Å²) in [6.45, 7) is -1.30. The maximum atomic E-state index is 11.8. The molecule has 0 spiro atoms. The maximum absolute atomic E-state index is 11.8. The maximum Gasteiger partial charge on any atom is 0.322 e. The number of hydrogen-bond acceptors (Lipinski definition) is 6. The van der Waals surface area contributed by atoms with Crippen molar-refractivity contribution in [1.29, 1.82) is 0 Å². The van der Waals surface area contributed by atoms with E-state index in [0.29, 0.717) is 5.56 Å². The first kappa shape index (κ1) is 23.8. The molecule has 141 valence electrons. The van der Waals surface area contributed by atoms with Crippen molar-refractivity contribution in [2.75, 3.05) is 25.4 Å². The van der Waals surface area contributed by atoms with Crippen molar-refractivity contribution in [2.45, 2.75) is 0 Å². The Balaban J connectivity index is 0.00000625. The number of benzene rings is 1. The third-order valence-electron chi connectivity index (χ3n) is 2.67. The first-order valence-electron chi connectivity index (χ1n) is 7.12. The summed E-state index contributed by atoms with van der Waals surface area (Å²) in [7, 11) is 0. The van der Waals surface area contributed by atoms with Gasteiger partial charge in [-0.1, -0.05) is 42.1 Å². The number of rotatable bonds is 9. The van der Waals surface area contributed by atoms with Gasteiger partial charge in [-0.3, -0.25) is 24.0 Å². The number of aliphatic carboxylic acids is 1. The summed E-state index contributed by atoms with van der Waals surface area (Å²) in [4.78, 5) is 56.3. The largest absolute Gasteiger partial charge is 0.480 e. The van der Waals surface area contributed by atoms with Gasteiger partial charge in [-0.05, 0) is 0 Å². The first-order chi connectivity index (χ1) is 11.9. The Labute approximate surface area is 167 Å². The SMILES string of the molecule is O=C(O)CNC(=O)CNC(=O)CNC(=O)CSC(=O)c1ccccc1.[188Re]. The molecule has 0 bridgehead atoms. The van der Waals surface area contributed by atoms with Crippen LogP contribution in [0.1, 0.15) is 10.4 Å². The van der Waals surface area contributed by atoms with E-state index in [4.69, 9.17) is 5.11 Å². The zero-order valence-corrected chi connectivity index (χ0v) is 17.0. The predicted octanol–water partition coefficient (Wildman–Crippen LogP) is -1.01. The van der Waals surface area contributed by atoms with E-state index < -0.39 is 36.8 Å². The molecule has 0 heterocycles. The molecule has 0 saturated heterocycles. The second kappa shape index (κ2) is 13.0. The van der Waals surface area contributed by atoms with Crippen LogP contribution in [0.3, 0.4) is 0 Å². The van der Waals surface area contributed by atoms with Crippen molar-refractivity contribution in [3.05, 3.63) is 35.9 Å². The van der Waals surface area contributed by atoms with Crippen LogP contribution in [0.25, 0.3) is 0 Å². The molecular weight excluding hydrogens is 538 g/mol. The molecule has 1 rings (SSSR count). The summed E-state index contributed by atoms with van der Waals surface area (Å²) in [5, 5.41) is 14.7. The van der Waals surface area contributed by atoms with Crippen molar-refractivity contribution < 1.29 is 49.5 Å². The van der Waals surface area contributed by atoms with Crippen molar-refractivity contribution in [3.63, 3.8) is 0 Å². The van der Waals surface area contributed by atoms with Gasteiger partial charge in [0, 0.05) is 26.0 Å². The number of nitrogens with one attached hydrogen (secondary N) is 3. The minimum absolute atomic E-state index is 0. The van der Waals surface area contributed by atoms with Crippen LogP contribution in [-0.2, 0) is 39.6 Å². The van der Waals surface area contributed by atoms with Crippen LogP contribution in [-0.4, -0.2) is 59.3 Å². The molecule has 0 aliphatic carbocycles. The van der Waals surface area contributed by atoms with Crippen LogP contribution in [0.4, 0.5) is 0 Å². The molecular formula is C15H17N3O6ReS. The Morgan fingerprint density at radius 1 is 0.808 bits per heavy atom. The van der Waals surface area contributed by atoms with E-state index >= 15 is 0 Å². The number of hydrogen-bond donors (Lipinski definition) is 4. The summed E-state index contributed by atoms with van der Waals surface area (Å²) in [6.07, 6.45) is 0. The van der Waals surface area contributed by atoms with Gasteiger partial charge in [0.25, 0.3) is 0 Å². The van der Waals surface area contributed by atoms with E-state index in [-0.39, 0.29) is 37.8 Å². The smallest absolute Gasteiger partial charge is 0.322 e. The average Bonchev–Trinajstić information content (AvgIpc) is 2.61. The van der Waals surface area contributed by atoms with E-state index in [9.17, 15) is 24.0 Å². The Hall–Kier alpha value is -2.22. The molecule has 26 heavy (non-hydrogen) atoms. The van der Waals surface area contributed by atoms with E-state index in [1.807, 2.05) is 0 Å². The van der Waals surface area contributed by atoms with Crippen molar-refractivity contribution in [3.8, 4) is 0 Å². The number of carbonyl (C=O) groups is 5. The Morgan fingerprint density at radius 3 is 1.85 bits per heavy atom. The molecule has 9 nitrogen and oxygen atoms in total. The monoisotopic (exact) mass is 555 g/mol. The second-order valence-corrected chi connectivity index (χ2v) is 5.61. The fourth-order valence-electron chi connectivity index (χ4n) is 1.50. The molecule has 0 unspecified atom stereocenters. The minimum Gasteiger partial charge on any atom is -0.480 e. The minimum atomic E-state index is -1.20. The van der Waals surface area contributed by atoms with Gasteiger partial charge in [-0.25, -0.2) is 0 Å². The molecule has 0 aliphatic rings. The van der Waals surface area contributed by atoms with Gasteiger partial charge < -0.3 is 21.1 Å². The summed E-state index contributed by atoms with van der Waals surface area (Å²) in [5.41, 5.74) is 0.477. The standard InChI is InChI=1S/C15H17N3O6S.Re/c19-11(16-6-12(20)18-8-14(22)23)7-17-13(21)9-25-15(24)10-4-2-1-3-5-10;/h1-5H,6-9H2,(H,16,19)(H,17,21)(H,18,20)(H,22,23);/i;1+2. The Bertz CT molecular complexity index is 656. The zero-order valence-electron chi connectivity index (χ0n) is 13.5. The normalized spacial score (nSPS) is 9.38. The van der Waals surface area contributed by atoms with E-state index in [1.165, 1.54) is 0 Å². The molecule has 1 radical (unpaired) electrons. The van der Waals surface area contributed by atoms with Gasteiger partial charge in [0.15, 0.2) is 0 Å². The van der Waals surface area contributed by atoms with Crippen molar-refractivity contribution in [1.82, 2.24) is 16.0 Å². The summed E-state index contributed by atoms with van der Waals surface area (Å²) in [5.74, 6) is -3.11. The van der Waals surface area contributed by atoms with Crippen LogP contribution in [0, 0.1) is 0 Å². The number of carboxylic acids is 1. The van der Waals surface area contributed by atoms with Crippen LogP contribution < -0.4 is 16.0 Å². The van der Waals surface area contributed by atoms with Crippen LogP contribution in [0.2, 0.25) is 0 Å². The van der Waals surface area contributed by atoms with Gasteiger partial charge >= 0.3 is 5.97 Å². The first-order valence-corrected chi connectivity index (χ1v) is 8.11. The molecule has 0 aliphatic heterocycles. The summed E-state index contributed by atoms with van der Waals surface area (Å²) in [6, 6.07) is 8.47. The van der Waals surface area contributed by atoms with Gasteiger partial charge in [-0.15, -0.1) is 0 Å². The quantitative estimate of drug-likeness (QED) is 0.306. The van der Waals surface area contributed by atoms with Gasteiger partial charge in [0.05, 0.1) is 18.8 Å². The topological polar surface area (TPSA) is 142 Å². The summed E-state index contributed by atoms with van der Waals surface area (Å²) >= 11 is 0.814. The molecule has 1 aromatic carbocycles. The summed E-state index contributed by atoms with van der Waals surface area (Å²) < 4.78 is 0. The molecule has 11 heteroatoms. The van der Waals surface area contributed by atoms with Gasteiger partial charge in [-0.2, -0.15) is 0 Å². The van der Waals surface area contributed by atoms with Gasteiger partial charge in [0.1, 0.15) is 6.54 Å². The molecule has 0 atom stereocenters. The van der Waals surface area contributed by atoms with E-state index in [1.54, 1.807) is 30.3 Å². The molecule has 0 saturated carbocycles. The van der Waals surface area contributed by atoms with E-state index in [0.717, 1.165) is 11.8 Å². The zero-order chi connectivity index (χ0) is 18.7.